The van der Waals surface area contributed by atoms with Crippen LogP contribution < -0.4 is 10.2 Å². The van der Waals surface area contributed by atoms with Gasteiger partial charge >= 0.3 is 0 Å². The van der Waals surface area contributed by atoms with Crippen molar-refractivity contribution in [3.05, 3.63) is 83.3 Å². The van der Waals surface area contributed by atoms with Crippen molar-refractivity contribution < 1.29 is 13.9 Å². The van der Waals surface area contributed by atoms with Crippen LogP contribution in [0.2, 0.25) is 5.02 Å². The lowest BCUT2D eigenvalue weighted by Crippen LogP contribution is -2.39. The number of nitrogens with one attached hydrogen (secondary N) is 1. The van der Waals surface area contributed by atoms with Crippen molar-refractivity contribution in [3.8, 4) is 11.4 Å². The summed E-state index contributed by atoms with van der Waals surface area (Å²) >= 11 is 5.93. The molecule has 0 bridgehead atoms. The Balaban J connectivity index is 1.51. The predicted octanol–water partition coefficient (Wildman–Crippen LogP) is 3.89. The number of halogens is 2. The number of aryl methyl sites for hydroxylation is 1. The summed E-state index contributed by atoms with van der Waals surface area (Å²) in [4.78, 5) is 28.0. The summed E-state index contributed by atoms with van der Waals surface area (Å²) in [7, 11) is 1.84. The number of carbonyl (C=O) groups is 1. The second-order valence-electron chi connectivity index (χ2n) is 8.00. The zero-order valence-corrected chi connectivity index (χ0v) is 19.5. The number of nitrogens with zero attached hydrogens (tertiary/aromatic N) is 6. The number of rotatable bonds is 5. The van der Waals surface area contributed by atoms with Crippen LogP contribution in [-0.2, 0) is 11.8 Å². The number of anilines is 2. The molecule has 0 aliphatic carbocycles. The second-order valence-corrected chi connectivity index (χ2v) is 8.44. The van der Waals surface area contributed by atoms with Crippen LogP contribution in [0.5, 0.6) is 0 Å². The summed E-state index contributed by atoms with van der Waals surface area (Å²) in [6.45, 7) is 1.48. The summed E-state index contributed by atoms with van der Waals surface area (Å²) < 4.78 is 22.4. The maximum Gasteiger partial charge on any atom is 0.274 e. The molecule has 178 valence electrons. The Bertz CT molecular complexity index is 1370. The number of hydrogen-bond acceptors (Lipinski definition) is 7. The van der Waals surface area contributed by atoms with E-state index in [1.807, 2.05) is 18.1 Å². The van der Waals surface area contributed by atoms with E-state index in [2.05, 4.69) is 25.4 Å². The normalized spacial score (nSPS) is 15.7. The molecule has 1 fully saturated rings. The summed E-state index contributed by atoms with van der Waals surface area (Å²) in [5, 5.41) is 7.27. The Morgan fingerprint density at radius 2 is 2.03 bits per heavy atom. The average molecular weight is 494 g/mol. The molecule has 1 unspecified atom stereocenters. The fraction of sp³-hybridized carbons (Fsp3) is 0.208. The topological polar surface area (TPSA) is 98.1 Å². The zero-order valence-electron chi connectivity index (χ0n) is 18.7. The molecule has 1 aliphatic heterocycles. The number of hydrogen-bond donors (Lipinski definition) is 1. The average Bonchev–Trinajstić information content (AvgIpc) is 3.31. The SMILES string of the molecule is Cn1cc(C2CN(c3cc(C(=O)Nc4ccncc4)nc(-c4ccc(Cl)cc4F)n3)CCO2)cn1. The minimum absolute atomic E-state index is 0.0842. The molecule has 4 heterocycles. The van der Waals surface area contributed by atoms with Gasteiger partial charge in [-0.25, -0.2) is 14.4 Å². The quantitative estimate of drug-likeness (QED) is 0.450. The van der Waals surface area contributed by atoms with Crippen LogP contribution in [0.25, 0.3) is 11.4 Å². The molecule has 1 atom stereocenters. The number of amides is 1. The number of morpholine rings is 1. The van der Waals surface area contributed by atoms with Crippen LogP contribution in [0.3, 0.4) is 0 Å². The molecule has 0 spiro atoms. The Labute approximate surface area is 205 Å². The maximum absolute atomic E-state index is 14.8. The van der Waals surface area contributed by atoms with E-state index in [0.717, 1.165) is 5.56 Å². The molecule has 4 aromatic rings. The Hall–Kier alpha value is -3.89. The predicted molar refractivity (Wildman–Crippen MR) is 129 cm³/mol. The minimum Gasteiger partial charge on any atom is -0.370 e. The zero-order chi connectivity index (χ0) is 24.4. The van der Waals surface area contributed by atoms with Gasteiger partial charge in [-0.15, -0.1) is 0 Å². The van der Waals surface area contributed by atoms with Crippen LogP contribution >= 0.6 is 11.6 Å². The molecule has 1 N–H and O–H groups in total. The Morgan fingerprint density at radius 1 is 1.20 bits per heavy atom. The fourth-order valence-electron chi connectivity index (χ4n) is 3.80. The Morgan fingerprint density at radius 3 is 2.77 bits per heavy atom. The molecule has 35 heavy (non-hydrogen) atoms. The highest BCUT2D eigenvalue weighted by molar-refractivity contribution is 6.30. The number of carbonyl (C=O) groups excluding carboxylic acids is 1. The van der Waals surface area contributed by atoms with Crippen molar-refractivity contribution >= 4 is 29.0 Å². The smallest absolute Gasteiger partial charge is 0.274 e. The van der Waals surface area contributed by atoms with Crippen molar-refractivity contribution in [3.63, 3.8) is 0 Å². The van der Waals surface area contributed by atoms with E-state index in [1.54, 1.807) is 47.5 Å². The van der Waals surface area contributed by atoms with Gasteiger partial charge in [0.25, 0.3) is 5.91 Å². The Kier molecular flexibility index (Phi) is 6.39. The summed E-state index contributed by atoms with van der Waals surface area (Å²) in [6.07, 6.45) is 6.58. The van der Waals surface area contributed by atoms with Crippen molar-refractivity contribution in [2.75, 3.05) is 29.9 Å². The summed E-state index contributed by atoms with van der Waals surface area (Å²) in [5.74, 6) is -0.458. The second kappa shape index (κ2) is 9.77. The van der Waals surface area contributed by atoms with Gasteiger partial charge in [-0.3, -0.25) is 14.5 Å². The molecule has 0 saturated carbocycles. The highest BCUT2D eigenvalue weighted by atomic mass is 35.5. The monoisotopic (exact) mass is 493 g/mol. The van der Waals surface area contributed by atoms with Gasteiger partial charge in [-0.1, -0.05) is 11.6 Å². The third-order valence-corrected chi connectivity index (χ3v) is 5.78. The van der Waals surface area contributed by atoms with E-state index in [0.29, 0.717) is 31.2 Å². The van der Waals surface area contributed by atoms with Gasteiger partial charge in [-0.2, -0.15) is 5.10 Å². The van der Waals surface area contributed by atoms with Gasteiger partial charge in [0.05, 0.1) is 18.4 Å². The van der Waals surface area contributed by atoms with Gasteiger partial charge in [-0.05, 0) is 30.3 Å². The molecule has 1 aromatic carbocycles. The van der Waals surface area contributed by atoms with Crippen molar-refractivity contribution in [1.82, 2.24) is 24.7 Å². The molecule has 1 amide bonds. The molecule has 1 saturated heterocycles. The van der Waals surface area contributed by atoms with Crippen LogP contribution in [0.4, 0.5) is 15.9 Å². The van der Waals surface area contributed by atoms with E-state index >= 15 is 0 Å². The highest BCUT2D eigenvalue weighted by Crippen LogP contribution is 2.29. The van der Waals surface area contributed by atoms with Crippen LogP contribution in [-0.4, -0.2) is 50.3 Å². The van der Waals surface area contributed by atoms with Crippen molar-refractivity contribution in [2.24, 2.45) is 7.05 Å². The number of aromatic nitrogens is 5. The maximum atomic E-state index is 14.8. The number of pyridine rings is 1. The van der Waals surface area contributed by atoms with Gasteiger partial charge in [0.2, 0.25) is 0 Å². The third-order valence-electron chi connectivity index (χ3n) is 5.54. The summed E-state index contributed by atoms with van der Waals surface area (Å²) in [6, 6.07) is 9.18. The van der Waals surface area contributed by atoms with Gasteiger partial charge in [0.15, 0.2) is 5.82 Å². The molecule has 3 aromatic heterocycles. The number of ether oxygens (including phenoxy) is 1. The molecular formula is C24H21ClFN7O2. The van der Waals surface area contributed by atoms with E-state index in [9.17, 15) is 9.18 Å². The molecule has 1 aliphatic rings. The first kappa shape index (κ1) is 22.9. The van der Waals surface area contributed by atoms with E-state index < -0.39 is 11.7 Å². The third kappa shape index (κ3) is 5.13. The lowest BCUT2D eigenvalue weighted by molar-refractivity contribution is 0.0395. The molecular weight excluding hydrogens is 473 g/mol. The van der Waals surface area contributed by atoms with Gasteiger partial charge < -0.3 is 15.0 Å². The first-order valence-corrected chi connectivity index (χ1v) is 11.2. The minimum atomic E-state index is -0.578. The standard InChI is InChI=1S/C24H21ClFN7O2/c1-32-13-15(12-28-32)21-14-33(8-9-35-21)22-11-20(24(34)29-17-4-6-27-7-5-17)30-23(31-22)18-3-2-16(25)10-19(18)26/h2-7,10-13,21H,8-9,14H2,1H3,(H,27,29,34). The highest BCUT2D eigenvalue weighted by Gasteiger charge is 2.26. The number of benzene rings is 1. The van der Waals surface area contributed by atoms with Crippen molar-refractivity contribution in [2.45, 2.75) is 6.10 Å². The van der Waals surface area contributed by atoms with E-state index in [-0.39, 0.29) is 28.2 Å². The van der Waals surface area contributed by atoms with Crippen LogP contribution in [0, 0.1) is 5.82 Å². The fourth-order valence-corrected chi connectivity index (χ4v) is 3.96. The molecule has 11 heteroatoms. The van der Waals surface area contributed by atoms with Crippen molar-refractivity contribution in [1.29, 1.82) is 0 Å². The molecule has 5 rings (SSSR count). The van der Waals surface area contributed by atoms with Gasteiger partial charge in [0.1, 0.15) is 23.4 Å². The van der Waals surface area contributed by atoms with Crippen LogP contribution in [0.15, 0.2) is 61.2 Å². The van der Waals surface area contributed by atoms with E-state index in [4.69, 9.17) is 16.3 Å². The summed E-state index contributed by atoms with van der Waals surface area (Å²) in [5.41, 5.74) is 1.74. The largest absolute Gasteiger partial charge is 0.370 e. The lowest BCUT2D eigenvalue weighted by atomic mass is 10.1. The van der Waals surface area contributed by atoms with Gasteiger partial charge in [0, 0.05) is 61.1 Å². The van der Waals surface area contributed by atoms with Crippen LogP contribution in [0.1, 0.15) is 22.2 Å². The lowest BCUT2D eigenvalue weighted by Gasteiger charge is -2.33. The first-order valence-electron chi connectivity index (χ1n) is 10.9. The van der Waals surface area contributed by atoms with E-state index in [1.165, 1.54) is 12.1 Å². The first-order chi connectivity index (χ1) is 17.0. The molecule has 0 radical (unpaired) electrons. The molecule has 9 nitrogen and oxygen atoms in total.